The van der Waals surface area contributed by atoms with Gasteiger partial charge in [-0.15, -0.1) is 0 Å². The largest absolute Gasteiger partial charge is 0.388 e. The van der Waals surface area contributed by atoms with E-state index in [4.69, 9.17) is 0 Å². The molecular weight excluding hydrogens is 216 g/mol. The lowest BCUT2D eigenvalue weighted by atomic mass is 10.0. The quantitative estimate of drug-likeness (QED) is 0.831. The average molecular weight is 232 g/mol. The molecule has 2 rings (SSSR count). The Morgan fingerprint density at radius 2 is 1.94 bits per heavy atom. The van der Waals surface area contributed by atoms with E-state index < -0.39 is 0 Å². The molecule has 16 heavy (non-hydrogen) atoms. The number of benzene rings is 1. The molecule has 1 aromatic heterocycles. The van der Waals surface area contributed by atoms with Gasteiger partial charge in [-0.25, -0.2) is 0 Å². The lowest BCUT2D eigenvalue weighted by Gasteiger charge is -2.09. The molecule has 0 saturated heterocycles. The molecule has 0 radical (unpaired) electrons. The molecule has 0 saturated carbocycles. The molecule has 0 aliphatic heterocycles. The van der Waals surface area contributed by atoms with E-state index in [1.54, 1.807) is 11.3 Å². The summed E-state index contributed by atoms with van der Waals surface area (Å²) in [6, 6.07) is 12.0. The Balaban J connectivity index is 1.78. The Labute approximate surface area is 100 Å². The van der Waals surface area contributed by atoms with Crippen molar-refractivity contribution < 1.29 is 5.11 Å². The van der Waals surface area contributed by atoms with Gasteiger partial charge in [0.2, 0.25) is 0 Å². The van der Waals surface area contributed by atoms with E-state index >= 15 is 0 Å². The average Bonchev–Trinajstić information content (AvgIpc) is 2.83. The van der Waals surface area contributed by atoms with Crippen LogP contribution >= 0.6 is 11.3 Å². The second-order valence-corrected chi connectivity index (χ2v) is 4.73. The van der Waals surface area contributed by atoms with E-state index in [2.05, 4.69) is 16.8 Å². The smallest absolute Gasteiger partial charge is 0.0790 e. The minimum absolute atomic E-state index is 0.320. The van der Waals surface area contributed by atoms with Gasteiger partial charge in [0.25, 0.3) is 0 Å². The Hall–Kier alpha value is -1.12. The van der Waals surface area contributed by atoms with Crippen molar-refractivity contribution in [1.29, 1.82) is 0 Å². The standard InChI is InChI=1S/C14H16OS/c15-14(13-6-2-1-3-7-13)8-4-5-12-9-10-16-11-12/h1-3,6-7,9-11,14-15H,4-5,8H2. The first kappa shape index (κ1) is 11.4. The van der Waals surface area contributed by atoms with E-state index in [9.17, 15) is 5.11 Å². The van der Waals surface area contributed by atoms with Crippen molar-refractivity contribution >= 4 is 11.3 Å². The van der Waals surface area contributed by atoms with Crippen LogP contribution in [0.4, 0.5) is 0 Å². The van der Waals surface area contributed by atoms with E-state index in [0.29, 0.717) is 0 Å². The topological polar surface area (TPSA) is 20.2 Å². The van der Waals surface area contributed by atoms with E-state index in [0.717, 1.165) is 24.8 Å². The summed E-state index contributed by atoms with van der Waals surface area (Å²) in [7, 11) is 0. The van der Waals surface area contributed by atoms with Gasteiger partial charge in [0.1, 0.15) is 0 Å². The number of rotatable bonds is 5. The predicted octanol–water partition coefficient (Wildman–Crippen LogP) is 3.80. The minimum atomic E-state index is -0.320. The summed E-state index contributed by atoms with van der Waals surface area (Å²) < 4.78 is 0. The van der Waals surface area contributed by atoms with Gasteiger partial charge >= 0.3 is 0 Å². The molecule has 0 bridgehead atoms. The molecule has 1 heterocycles. The van der Waals surface area contributed by atoms with Crippen LogP contribution in [0.3, 0.4) is 0 Å². The van der Waals surface area contributed by atoms with Gasteiger partial charge in [-0.3, -0.25) is 0 Å². The molecule has 0 aliphatic rings. The highest BCUT2D eigenvalue weighted by atomic mass is 32.1. The number of aliphatic hydroxyl groups is 1. The zero-order chi connectivity index (χ0) is 11.2. The fourth-order valence-corrected chi connectivity index (χ4v) is 2.48. The van der Waals surface area contributed by atoms with E-state index in [-0.39, 0.29) is 6.10 Å². The molecule has 1 atom stereocenters. The summed E-state index contributed by atoms with van der Waals surface area (Å²) in [4.78, 5) is 0. The monoisotopic (exact) mass is 232 g/mol. The first-order chi connectivity index (χ1) is 7.86. The molecule has 2 aromatic rings. The third-order valence-corrected chi connectivity index (χ3v) is 3.44. The fraction of sp³-hybridized carbons (Fsp3) is 0.286. The number of aryl methyl sites for hydroxylation is 1. The van der Waals surface area contributed by atoms with Crippen molar-refractivity contribution in [2.75, 3.05) is 0 Å². The first-order valence-electron chi connectivity index (χ1n) is 5.60. The highest BCUT2D eigenvalue weighted by Crippen LogP contribution is 2.19. The van der Waals surface area contributed by atoms with Crippen molar-refractivity contribution in [3.8, 4) is 0 Å². The molecule has 1 unspecified atom stereocenters. The van der Waals surface area contributed by atoms with Gasteiger partial charge in [0.05, 0.1) is 6.10 Å². The molecule has 1 nitrogen and oxygen atoms in total. The molecule has 0 fully saturated rings. The van der Waals surface area contributed by atoms with Crippen molar-refractivity contribution in [3.05, 3.63) is 58.3 Å². The van der Waals surface area contributed by atoms with Crippen LogP contribution in [0, 0.1) is 0 Å². The Morgan fingerprint density at radius 1 is 1.12 bits per heavy atom. The molecule has 1 N–H and O–H groups in total. The Morgan fingerprint density at radius 3 is 2.62 bits per heavy atom. The lowest BCUT2D eigenvalue weighted by molar-refractivity contribution is 0.164. The van der Waals surface area contributed by atoms with Crippen molar-refractivity contribution in [2.24, 2.45) is 0 Å². The van der Waals surface area contributed by atoms with Gasteiger partial charge in [0, 0.05) is 0 Å². The normalized spacial score (nSPS) is 12.6. The number of hydrogen-bond donors (Lipinski definition) is 1. The maximum atomic E-state index is 9.95. The third kappa shape index (κ3) is 3.19. The zero-order valence-electron chi connectivity index (χ0n) is 9.17. The summed E-state index contributed by atoms with van der Waals surface area (Å²) in [6.45, 7) is 0. The first-order valence-corrected chi connectivity index (χ1v) is 6.54. The van der Waals surface area contributed by atoms with Crippen LogP contribution in [0.5, 0.6) is 0 Å². The summed E-state index contributed by atoms with van der Waals surface area (Å²) >= 11 is 1.73. The molecule has 0 amide bonds. The number of hydrogen-bond acceptors (Lipinski definition) is 2. The molecule has 2 heteroatoms. The minimum Gasteiger partial charge on any atom is -0.388 e. The summed E-state index contributed by atoms with van der Waals surface area (Å²) in [6.07, 6.45) is 2.61. The van der Waals surface area contributed by atoms with Gasteiger partial charge in [-0.05, 0) is 47.2 Å². The fourth-order valence-electron chi connectivity index (χ4n) is 1.78. The van der Waals surface area contributed by atoms with Gasteiger partial charge in [0.15, 0.2) is 0 Å². The zero-order valence-corrected chi connectivity index (χ0v) is 9.99. The second-order valence-electron chi connectivity index (χ2n) is 3.95. The molecule has 84 valence electrons. The van der Waals surface area contributed by atoms with E-state index in [1.165, 1.54) is 5.56 Å². The number of aliphatic hydroxyl groups excluding tert-OH is 1. The van der Waals surface area contributed by atoms with Crippen LogP contribution in [-0.2, 0) is 6.42 Å². The predicted molar refractivity (Wildman–Crippen MR) is 68.7 cm³/mol. The molecule has 0 aliphatic carbocycles. The van der Waals surface area contributed by atoms with E-state index in [1.807, 2.05) is 30.3 Å². The summed E-state index contributed by atoms with van der Waals surface area (Å²) in [5.41, 5.74) is 2.40. The maximum Gasteiger partial charge on any atom is 0.0790 e. The summed E-state index contributed by atoms with van der Waals surface area (Å²) in [5, 5.41) is 14.2. The van der Waals surface area contributed by atoms with Crippen LogP contribution < -0.4 is 0 Å². The second kappa shape index (κ2) is 5.83. The van der Waals surface area contributed by atoms with Gasteiger partial charge < -0.3 is 5.11 Å². The van der Waals surface area contributed by atoms with Crippen molar-refractivity contribution in [3.63, 3.8) is 0 Å². The Bertz CT molecular complexity index is 394. The van der Waals surface area contributed by atoms with Crippen LogP contribution in [-0.4, -0.2) is 5.11 Å². The van der Waals surface area contributed by atoms with Crippen molar-refractivity contribution in [2.45, 2.75) is 25.4 Å². The van der Waals surface area contributed by atoms with Gasteiger partial charge in [-0.2, -0.15) is 11.3 Å². The van der Waals surface area contributed by atoms with Crippen LogP contribution in [0.25, 0.3) is 0 Å². The third-order valence-electron chi connectivity index (χ3n) is 2.71. The molecule has 0 spiro atoms. The molecular formula is C14H16OS. The van der Waals surface area contributed by atoms with Crippen LogP contribution in [0.2, 0.25) is 0 Å². The highest BCUT2D eigenvalue weighted by Gasteiger charge is 2.06. The maximum absolute atomic E-state index is 9.95. The van der Waals surface area contributed by atoms with Gasteiger partial charge in [-0.1, -0.05) is 30.3 Å². The number of thiophene rings is 1. The lowest BCUT2D eigenvalue weighted by Crippen LogP contribution is -1.97. The summed E-state index contributed by atoms with van der Waals surface area (Å²) in [5.74, 6) is 0. The highest BCUT2D eigenvalue weighted by molar-refractivity contribution is 7.07. The van der Waals surface area contributed by atoms with Crippen molar-refractivity contribution in [1.82, 2.24) is 0 Å². The Kier molecular flexibility index (Phi) is 4.14. The molecule has 1 aromatic carbocycles. The SMILES string of the molecule is OC(CCCc1ccsc1)c1ccccc1. The van der Waals surface area contributed by atoms with Crippen LogP contribution in [0.15, 0.2) is 47.2 Å². The van der Waals surface area contributed by atoms with Crippen LogP contribution in [0.1, 0.15) is 30.1 Å².